The molecular formula is C10H19N3S. The van der Waals surface area contributed by atoms with Crippen molar-refractivity contribution in [3.05, 3.63) is 16.1 Å². The fourth-order valence-electron chi connectivity index (χ4n) is 1.08. The second-order valence-electron chi connectivity index (χ2n) is 3.96. The van der Waals surface area contributed by atoms with Gasteiger partial charge in [-0.2, -0.15) is 0 Å². The average molecular weight is 213 g/mol. The summed E-state index contributed by atoms with van der Waals surface area (Å²) in [5.74, 6) is 0. The van der Waals surface area contributed by atoms with Crippen LogP contribution in [0.4, 0.5) is 0 Å². The molecule has 0 aliphatic rings. The molecule has 1 aromatic heterocycles. The predicted octanol–water partition coefficient (Wildman–Crippen LogP) is 1.67. The zero-order valence-electron chi connectivity index (χ0n) is 9.13. The topological polar surface area (TPSA) is 50.9 Å². The average Bonchev–Trinajstić information content (AvgIpc) is 2.51. The summed E-state index contributed by atoms with van der Waals surface area (Å²) in [4.78, 5) is 5.47. The van der Waals surface area contributed by atoms with Crippen LogP contribution in [0.15, 0.2) is 6.20 Å². The Hall–Kier alpha value is -0.450. The van der Waals surface area contributed by atoms with Gasteiger partial charge in [-0.25, -0.2) is 4.98 Å². The van der Waals surface area contributed by atoms with Crippen molar-refractivity contribution >= 4 is 11.3 Å². The molecule has 3 nitrogen and oxygen atoms in total. The van der Waals surface area contributed by atoms with E-state index in [-0.39, 0.29) is 5.54 Å². The molecule has 3 N–H and O–H groups in total. The molecule has 0 aromatic carbocycles. The summed E-state index contributed by atoms with van der Waals surface area (Å²) in [5.41, 5.74) is 5.91. The molecule has 1 aromatic rings. The lowest BCUT2D eigenvalue weighted by atomic mass is 10.0. The highest BCUT2D eigenvalue weighted by molar-refractivity contribution is 7.11. The second kappa shape index (κ2) is 4.87. The number of thiazole rings is 1. The van der Waals surface area contributed by atoms with Gasteiger partial charge < -0.3 is 11.1 Å². The minimum absolute atomic E-state index is 0.0975. The molecule has 1 rings (SSSR count). The van der Waals surface area contributed by atoms with Crippen LogP contribution in [0.5, 0.6) is 0 Å². The van der Waals surface area contributed by atoms with E-state index in [0.717, 1.165) is 24.5 Å². The summed E-state index contributed by atoms with van der Waals surface area (Å²) in [7, 11) is 0. The fraction of sp³-hybridized carbons (Fsp3) is 0.700. The van der Waals surface area contributed by atoms with Gasteiger partial charge in [0.05, 0.1) is 5.01 Å². The van der Waals surface area contributed by atoms with Crippen LogP contribution in [0.3, 0.4) is 0 Å². The van der Waals surface area contributed by atoms with Crippen LogP contribution in [0.1, 0.15) is 30.2 Å². The first-order valence-electron chi connectivity index (χ1n) is 4.94. The monoisotopic (exact) mass is 213 g/mol. The molecule has 0 radical (unpaired) electrons. The van der Waals surface area contributed by atoms with E-state index in [1.807, 2.05) is 13.1 Å². The maximum absolute atomic E-state index is 6.01. The SMILES string of the molecule is CCC(C)(N)CNCc1cnc(C)s1. The molecule has 0 amide bonds. The van der Waals surface area contributed by atoms with Crippen molar-refractivity contribution in [2.75, 3.05) is 6.54 Å². The minimum atomic E-state index is -0.0975. The zero-order chi connectivity index (χ0) is 10.6. The Morgan fingerprint density at radius 3 is 2.86 bits per heavy atom. The minimum Gasteiger partial charge on any atom is -0.324 e. The molecule has 14 heavy (non-hydrogen) atoms. The first-order valence-corrected chi connectivity index (χ1v) is 5.76. The van der Waals surface area contributed by atoms with E-state index in [0.29, 0.717) is 0 Å². The maximum Gasteiger partial charge on any atom is 0.0897 e. The van der Waals surface area contributed by atoms with Gasteiger partial charge in [-0.05, 0) is 20.3 Å². The van der Waals surface area contributed by atoms with Gasteiger partial charge in [0, 0.05) is 29.7 Å². The van der Waals surface area contributed by atoms with Crippen molar-refractivity contribution < 1.29 is 0 Å². The van der Waals surface area contributed by atoms with Gasteiger partial charge >= 0.3 is 0 Å². The molecule has 0 fully saturated rings. The van der Waals surface area contributed by atoms with Gasteiger partial charge in [-0.15, -0.1) is 11.3 Å². The third kappa shape index (κ3) is 3.74. The number of hydrogen-bond donors (Lipinski definition) is 2. The van der Waals surface area contributed by atoms with Crippen LogP contribution in [0.25, 0.3) is 0 Å². The van der Waals surface area contributed by atoms with Crippen molar-refractivity contribution in [2.24, 2.45) is 5.73 Å². The highest BCUT2D eigenvalue weighted by Gasteiger charge is 2.14. The highest BCUT2D eigenvalue weighted by atomic mass is 32.1. The zero-order valence-corrected chi connectivity index (χ0v) is 9.95. The number of aryl methyl sites for hydroxylation is 1. The van der Waals surface area contributed by atoms with Crippen LogP contribution < -0.4 is 11.1 Å². The van der Waals surface area contributed by atoms with Crippen LogP contribution in [0, 0.1) is 6.92 Å². The van der Waals surface area contributed by atoms with Gasteiger partial charge in [0.1, 0.15) is 0 Å². The van der Waals surface area contributed by atoms with Gasteiger partial charge in [0.2, 0.25) is 0 Å². The van der Waals surface area contributed by atoms with Crippen LogP contribution >= 0.6 is 11.3 Å². The summed E-state index contributed by atoms with van der Waals surface area (Å²) >= 11 is 1.73. The Morgan fingerprint density at radius 1 is 1.64 bits per heavy atom. The lowest BCUT2D eigenvalue weighted by Crippen LogP contribution is -2.45. The van der Waals surface area contributed by atoms with Gasteiger partial charge in [0.15, 0.2) is 0 Å². The molecule has 0 aliphatic carbocycles. The lowest BCUT2D eigenvalue weighted by Gasteiger charge is -2.22. The molecule has 0 saturated carbocycles. The first kappa shape index (κ1) is 11.6. The standard InChI is InChI=1S/C10H19N3S/c1-4-10(3,11)7-12-5-9-6-13-8(2)14-9/h6,12H,4-5,7,11H2,1-3H3. The van der Waals surface area contributed by atoms with E-state index in [4.69, 9.17) is 5.73 Å². The van der Waals surface area contributed by atoms with Gasteiger partial charge in [0.25, 0.3) is 0 Å². The van der Waals surface area contributed by atoms with Crippen LogP contribution in [-0.4, -0.2) is 17.1 Å². The Morgan fingerprint density at radius 2 is 2.36 bits per heavy atom. The fourth-order valence-corrected chi connectivity index (χ4v) is 1.85. The maximum atomic E-state index is 6.01. The van der Waals surface area contributed by atoms with E-state index < -0.39 is 0 Å². The van der Waals surface area contributed by atoms with Crippen LogP contribution in [-0.2, 0) is 6.54 Å². The number of nitrogens with one attached hydrogen (secondary N) is 1. The molecule has 80 valence electrons. The van der Waals surface area contributed by atoms with E-state index in [1.165, 1.54) is 4.88 Å². The summed E-state index contributed by atoms with van der Waals surface area (Å²) in [6.07, 6.45) is 2.91. The second-order valence-corrected chi connectivity index (χ2v) is 5.28. The molecule has 0 aliphatic heterocycles. The van der Waals surface area contributed by atoms with Crippen molar-refractivity contribution in [3.63, 3.8) is 0 Å². The number of nitrogens with two attached hydrogens (primary N) is 1. The van der Waals surface area contributed by atoms with Gasteiger partial charge in [-0.1, -0.05) is 6.92 Å². The third-order valence-electron chi connectivity index (χ3n) is 2.30. The lowest BCUT2D eigenvalue weighted by molar-refractivity contribution is 0.417. The van der Waals surface area contributed by atoms with Gasteiger partial charge in [-0.3, -0.25) is 0 Å². The Labute approximate surface area is 89.7 Å². The van der Waals surface area contributed by atoms with E-state index in [2.05, 4.69) is 24.1 Å². The molecule has 1 unspecified atom stereocenters. The number of rotatable bonds is 5. The number of hydrogen-bond acceptors (Lipinski definition) is 4. The molecule has 4 heteroatoms. The Kier molecular flexibility index (Phi) is 4.04. The molecular weight excluding hydrogens is 194 g/mol. The largest absolute Gasteiger partial charge is 0.324 e. The van der Waals surface area contributed by atoms with Crippen molar-refractivity contribution in [2.45, 2.75) is 39.3 Å². The molecule has 0 bridgehead atoms. The van der Waals surface area contributed by atoms with E-state index >= 15 is 0 Å². The summed E-state index contributed by atoms with van der Waals surface area (Å²) < 4.78 is 0. The summed E-state index contributed by atoms with van der Waals surface area (Å²) in [5, 5.41) is 4.47. The summed E-state index contributed by atoms with van der Waals surface area (Å²) in [6, 6.07) is 0. The molecule has 1 heterocycles. The number of aromatic nitrogens is 1. The quantitative estimate of drug-likeness (QED) is 0.782. The molecule has 1 atom stereocenters. The molecule has 0 saturated heterocycles. The van der Waals surface area contributed by atoms with Crippen molar-refractivity contribution in [3.8, 4) is 0 Å². The van der Waals surface area contributed by atoms with E-state index in [1.54, 1.807) is 11.3 Å². The van der Waals surface area contributed by atoms with E-state index in [9.17, 15) is 0 Å². The van der Waals surface area contributed by atoms with Crippen LogP contribution in [0.2, 0.25) is 0 Å². The Balaban J connectivity index is 2.28. The predicted molar refractivity (Wildman–Crippen MR) is 61.4 cm³/mol. The van der Waals surface area contributed by atoms with Crippen molar-refractivity contribution in [1.29, 1.82) is 0 Å². The third-order valence-corrected chi connectivity index (χ3v) is 3.22. The highest BCUT2D eigenvalue weighted by Crippen LogP contribution is 2.11. The smallest absolute Gasteiger partial charge is 0.0897 e. The summed E-state index contributed by atoms with van der Waals surface area (Å²) in [6.45, 7) is 7.92. The normalized spacial score (nSPS) is 15.4. The Bertz CT molecular complexity index is 281. The van der Waals surface area contributed by atoms with Crippen molar-refractivity contribution in [1.82, 2.24) is 10.3 Å². The number of nitrogens with zero attached hydrogens (tertiary/aromatic N) is 1. The molecule has 0 spiro atoms. The first-order chi connectivity index (χ1) is 6.53.